The standard InChI is InChI=1S/C10H21NO/c1-4-6-9-7-11-8-10(3,5-2)12-9/h9,11H,4-8H2,1-3H3. The van der Waals surface area contributed by atoms with Gasteiger partial charge in [-0.25, -0.2) is 0 Å². The third-order valence-electron chi connectivity index (χ3n) is 2.68. The van der Waals surface area contributed by atoms with Crippen LogP contribution in [0.1, 0.15) is 40.0 Å². The first-order chi connectivity index (χ1) is 5.70. The van der Waals surface area contributed by atoms with Gasteiger partial charge in [0.2, 0.25) is 0 Å². The molecule has 0 amide bonds. The maximum atomic E-state index is 6.00. The van der Waals surface area contributed by atoms with E-state index in [4.69, 9.17) is 4.74 Å². The third-order valence-corrected chi connectivity index (χ3v) is 2.68. The second kappa shape index (κ2) is 4.24. The molecule has 1 N–H and O–H groups in total. The summed E-state index contributed by atoms with van der Waals surface area (Å²) in [5.74, 6) is 0. The second-order valence-corrected chi connectivity index (χ2v) is 3.96. The van der Waals surface area contributed by atoms with Crippen LogP contribution in [-0.2, 0) is 4.74 Å². The maximum Gasteiger partial charge on any atom is 0.0780 e. The summed E-state index contributed by atoms with van der Waals surface area (Å²) in [6.45, 7) is 8.63. The Balaban J connectivity index is 2.39. The van der Waals surface area contributed by atoms with E-state index >= 15 is 0 Å². The van der Waals surface area contributed by atoms with Crippen molar-refractivity contribution in [3.8, 4) is 0 Å². The Morgan fingerprint density at radius 2 is 2.25 bits per heavy atom. The molecule has 0 aliphatic carbocycles. The molecule has 1 aliphatic heterocycles. The van der Waals surface area contributed by atoms with Gasteiger partial charge in [-0.2, -0.15) is 0 Å². The van der Waals surface area contributed by atoms with Gasteiger partial charge in [0, 0.05) is 13.1 Å². The Kier molecular flexibility index (Phi) is 3.53. The van der Waals surface area contributed by atoms with Crippen LogP contribution in [0, 0.1) is 0 Å². The summed E-state index contributed by atoms with van der Waals surface area (Å²) >= 11 is 0. The summed E-state index contributed by atoms with van der Waals surface area (Å²) < 4.78 is 6.00. The molecule has 72 valence electrons. The van der Waals surface area contributed by atoms with Crippen molar-refractivity contribution >= 4 is 0 Å². The molecule has 2 atom stereocenters. The van der Waals surface area contributed by atoms with E-state index in [2.05, 4.69) is 26.1 Å². The first-order valence-electron chi connectivity index (χ1n) is 5.08. The molecule has 1 heterocycles. The lowest BCUT2D eigenvalue weighted by Crippen LogP contribution is -2.51. The Labute approximate surface area is 75.7 Å². The Bertz CT molecular complexity index is 136. The van der Waals surface area contributed by atoms with E-state index in [1.165, 1.54) is 12.8 Å². The van der Waals surface area contributed by atoms with Crippen LogP contribution in [0.25, 0.3) is 0 Å². The monoisotopic (exact) mass is 171 g/mol. The Morgan fingerprint density at radius 3 is 2.83 bits per heavy atom. The highest BCUT2D eigenvalue weighted by atomic mass is 16.5. The van der Waals surface area contributed by atoms with E-state index in [-0.39, 0.29) is 5.60 Å². The molecule has 2 nitrogen and oxygen atoms in total. The fourth-order valence-electron chi connectivity index (χ4n) is 1.67. The lowest BCUT2D eigenvalue weighted by atomic mass is 10.00. The Hall–Kier alpha value is -0.0800. The zero-order chi connectivity index (χ0) is 9.03. The summed E-state index contributed by atoms with van der Waals surface area (Å²) in [7, 11) is 0. The van der Waals surface area contributed by atoms with Crippen LogP contribution in [0.15, 0.2) is 0 Å². The zero-order valence-corrected chi connectivity index (χ0v) is 8.52. The molecule has 0 aromatic carbocycles. The molecular weight excluding hydrogens is 150 g/mol. The summed E-state index contributed by atoms with van der Waals surface area (Å²) in [4.78, 5) is 0. The van der Waals surface area contributed by atoms with Crippen molar-refractivity contribution in [2.45, 2.75) is 51.7 Å². The highest BCUT2D eigenvalue weighted by Crippen LogP contribution is 2.21. The predicted molar refractivity (Wildman–Crippen MR) is 51.3 cm³/mol. The molecule has 0 aromatic heterocycles. The number of nitrogens with one attached hydrogen (secondary N) is 1. The summed E-state index contributed by atoms with van der Waals surface area (Å²) in [6.07, 6.45) is 3.93. The van der Waals surface area contributed by atoms with Crippen LogP contribution in [0.5, 0.6) is 0 Å². The van der Waals surface area contributed by atoms with Crippen molar-refractivity contribution in [1.82, 2.24) is 5.32 Å². The molecule has 1 rings (SSSR count). The zero-order valence-electron chi connectivity index (χ0n) is 8.52. The minimum atomic E-state index is 0.0814. The minimum Gasteiger partial charge on any atom is -0.369 e. The molecule has 2 heteroatoms. The van der Waals surface area contributed by atoms with Gasteiger partial charge in [0.05, 0.1) is 11.7 Å². The van der Waals surface area contributed by atoms with Crippen LogP contribution in [-0.4, -0.2) is 24.8 Å². The molecule has 0 aromatic rings. The number of morpholine rings is 1. The van der Waals surface area contributed by atoms with E-state index < -0.39 is 0 Å². The summed E-state index contributed by atoms with van der Waals surface area (Å²) in [5.41, 5.74) is 0.0814. The second-order valence-electron chi connectivity index (χ2n) is 3.96. The molecule has 1 fully saturated rings. The van der Waals surface area contributed by atoms with E-state index in [0.717, 1.165) is 19.5 Å². The first kappa shape index (κ1) is 10.0. The van der Waals surface area contributed by atoms with Gasteiger partial charge in [0.25, 0.3) is 0 Å². The average Bonchev–Trinajstić information content (AvgIpc) is 2.05. The topological polar surface area (TPSA) is 21.3 Å². The quantitative estimate of drug-likeness (QED) is 0.700. The predicted octanol–water partition coefficient (Wildman–Crippen LogP) is 1.94. The Morgan fingerprint density at radius 1 is 1.50 bits per heavy atom. The molecule has 0 spiro atoms. The largest absolute Gasteiger partial charge is 0.369 e. The molecule has 12 heavy (non-hydrogen) atoms. The van der Waals surface area contributed by atoms with Crippen molar-refractivity contribution in [3.63, 3.8) is 0 Å². The van der Waals surface area contributed by atoms with Gasteiger partial charge < -0.3 is 10.1 Å². The normalized spacial score (nSPS) is 36.8. The van der Waals surface area contributed by atoms with E-state index in [1.54, 1.807) is 0 Å². The van der Waals surface area contributed by atoms with Crippen LogP contribution in [0.2, 0.25) is 0 Å². The highest BCUT2D eigenvalue weighted by Gasteiger charge is 2.30. The fraction of sp³-hybridized carbons (Fsp3) is 1.00. The molecule has 0 bridgehead atoms. The third kappa shape index (κ3) is 2.46. The van der Waals surface area contributed by atoms with Crippen LogP contribution >= 0.6 is 0 Å². The fourth-order valence-corrected chi connectivity index (χ4v) is 1.67. The SMILES string of the molecule is CCCC1CNCC(C)(CC)O1. The van der Waals surface area contributed by atoms with E-state index in [1.807, 2.05) is 0 Å². The minimum absolute atomic E-state index is 0.0814. The van der Waals surface area contributed by atoms with Gasteiger partial charge >= 0.3 is 0 Å². The van der Waals surface area contributed by atoms with Gasteiger partial charge in [0.1, 0.15) is 0 Å². The van der Waals surface area contributed by atoms with Crippen molar-refractivity contribution in [2.24, 2.45) is 0 Å². The lowest BCUT2D eigenvalue weighted by Gasteiger charge is -2.38. The maximum absolute atomic E-state index is 6.00. The molecule has 1 saturated heterocycles. The van der Waals surface area contributed by atoms with Gasteiger partial charge in [-0.05, 0) is 19.8 Å². The molecule has 1 aliphatic rings. The molecular formula is C10H21NO. The van der Waals surface area contributed by atoms with Crippen LogP contribution in [0.3, 0.4) is 0 Å². The lowest BCUT2D eigenvalue weighted by molar-refractivity contribution is -0.109. The van der Waals surface area contributed by atoms with Crippen molar-refractivity contribution in [1.29, 1.82) is 0 Å². The average molecular weight is 171 g/mol. The van der Waals surface area contributed by atoms with Gasteiger partial charge in [-0.3, -0.25) is 0 Å². The highest BCUT2D eigenvalue weighted by molar-refractivity contribution is 4.83. The van der Waals surface area contributed by atoms with Gasteiger partial charge in [0.15, 0.2) is 0 Å². The number of ether oxygens (including phenoxy) is 1. The number of hydrogen-bond donors (Lipinski definition) is 1. The van der Waals surface area contributed by atoms with Gasteiger partial charge in [-0.15, -0.1) is 0 Å². The van der Waals surface area contributed by atoms with Crippen LogP contribution < -0.4 is 5.32 Å². The smallest absolute Gasteiger partial charge is 0.0780 e. The van der Waals surface area contributed by atoms with E-state index in [9.17, 15) is 0 Å². The summed E-state index contributed by atoms with van der Waals surface area (Å²) in [5, 5.41) is 3.44. The molecule has 0 saturated carbocycles. The van der Waals surface area contributed by atoms with Crippen molar-refractivity contribution in [2.75, 3.05) is 13.1 Å². The molecule has 0 radical (unpaired) electrons. The van der Waals surface area contributed by atoms with Crippen LogP contribution in [0.4, 0.5) is 0 Å². The van der Waals surface area contributed by atoms with Crippen molar-refractivity contribution in [3.05, 3.63) is 0 Å². The van der Waals surface area contributed by atoms with Crippen molar-refractivity contribution < 1.29 is 4.74 Å². The number of rotatable bonds is 3. The molecule has 2 unspecified atom stereocenters. The van der Waals surface area contributed by atoms with Gasteiger partial charge in [-0.1, -0.05) is 20.3 Å². The van der Waals surface area contributed by atoms with E-state index in [0.29, 0.717) is 6.10 Å². The number of hydrogen-bond acceptors (Lipinski definition) is 2. The summed E-state index contributed by atoms with van der Waals surface area (Å²) in [6, 6.07) is 0. The first-order valence-corrected chi connectivity index (χ1v) is 5.08.